The molecule has 1 N–H and O–H groups in total. The fraction of sp³-hybridized carbons (Fsp3) is 0.536. The van der Waals surface area contributed by atoms with Gasteiger partial charge in [0, 0.05) is 6.61 Å². The van der Waals surface area contributed by atoms with E-state index in [1.807, 2.05) is 50.3 Å². The number of benzene rings is 1. The molecule has 1 aromatic carbocycles. The zero-order valence-electron chi connectivity index (χ0n) is 21.1. The van der Waals surface area contributed by atoms with Crippen molar-refractivity contribution in [1.82, 2.24) is 4.90 Å². The third-order valence-corrected chi connectivity index (χ3v) is 6.55. The number of rotatable bonds is 10. The van der Waals surface area contributed by atoms with Crippen LogP contribution >= 0.6 is 0 Å². The molecular weight excluding hydrogens is 446 g/mol. The van der Waals surface area contributed by atoms with Gasteiger partial charge in [0.05, 0.1) is 12.0 Å². The van der Waals surface area contributed by atoms with Crippen LogP contribution in [0.5, 0.6) is 0 Å². The first-order valence-electron chi connectivity index (χ1n) is 12.4. The van der Waals surface area contributed by atoms with Gasteiger partial charge < -0.3 is 14.6 Å². The van der Waals surface area contributed by atoms with E-state index in [0.29, 0.717) is 5.76 Å². The molecule has 2 amide bonds. The van der Waals surface area contributed by atoms with Crippen molar-refractivity contribution in [3.63, 3.8) is 0 Å². The topological polar surface area (TPSA) is 93.1 Å². The van der Waals surface area contributed by atoms with Crippen LogP contribution in [0.1, 0.15) is 58.9 Å². The quantitative estimate of drug-likeness (QED) is 0.490. The van der Waals surface area contributed by atoms with Gasteiger partial charge in [-0.15, -0.1) is 0 Å². The Labute approximate surface area is 207 Å². The third-order valence-electron chi connectivity index (χ3n) is 6.55. The highest BCUT2D eigenvalue weighted by molar-refractivity contribution is 6.02. The normalized spacial score (nSPS) is 23.5. The summed E-state index contributed by atoms with van der Waals surface area (Å²) in [6.45, 7) is 7.67. The fourth-order valence-corrected chi connectivity index (χ4v) is 5.03. The van der Waals surface area contributed by atoms with Crippen LogP contribution in [-0.2, 0) is 25.5 Å². The number of hydrogen-bond acceptors (Lipinski definition) is 6. The minimum atomic E-state index is -1.04. The van der Waals surface area contributed by atoms with Crippen molar-refractivity contribution < 1.29 is 29.0 Å². The maximum absolute atomic E-state index is 14.0. The number of unbranched alkanes of at least 4 members (excludes halogenated alkanes) is 3. The van der Waals surface area contributed by atoms with Gasteiger partial charge in [0.25, 0.3) is 0 Å². The Hall–Kier alpha value is -2.93. The minimum Gasteiger partial charge on any atom is -0.482 e. The molecule has 2 heterocycles. The highest BCUT2D eigenvalue weighted by Gasteiger charge is 2.54. The predicted molar refractivity (Wildman–Crippen MR) is 132 cm³/mol. The fourth-order valence-electron chi connectivity index (χ4n) is 5.03. The highest BCUT2D eigenvalue weighted by Crippen LogP contribution is 2.36. The zero-order valence-corrected chi connectivity index (χ0v) is 21.1. The lowest BCUT2D eigenvalue weighted by Crippen LogP contribution is -2.53. The van der Waals surface area contributed by atoms with Crippen LogP contribution in [0.15, 0.2) is 54.3 Å². The molecule has 1 fully saturated rings. The number of carbonyl (C=O) groups excluding carboxylic acids is 3. The summed E-state index contributed by atoms with van der Waals surface area (Å²) < 4.78 is 11.7. The van der Waals surface area contributed by atoms with Gasteiger partial charge in [-0.3, -0.25) is 9.59 Å². The first kappa shape index (κ1) is 26.7. The number of ketones is 1. The Balaban J connectivity index is 1.90. The molecule has 0 spiro atoms. The number of nitrogens with zero attached hydrogens (tertiary/aromatic N) is 1. The molecule has 7 heteroatoms. The molecule has 2 aliphatic heterocycles. The van der Waals surface area contributed by atoms with Crippen molar-refractivity contribution in [1.29, 1.82) is 0 Å². The minimum absolute atomic E-state index is 0.0324. The summed E-state index contributed by atoms with van der Waals surface area (Å²) in [6, 6.07) is 8.97. The Morgan fingerprint density at radius 3 is 2.49 bits per heavy atom. The summed E-state index contributed by atoms with van der Waals surface area (Å²) in [7, 11) is 0. The van der Waals surface area contributed by atoms with Gasteiger partial charge in [-0.1, -0.05) is 50.6 Å². The van der Waals surface area contributed by atoms with Crippen LogP contribution in [0.4, 0.5) is 4.79 Å². The van der Waals surface area contributed by atoms with E-state index in [0.717, 1.165) is 31.2 Å². The van der Waals surface area contributed by atoms with Crippen LogP contribution < -0.4 is 0 Å². The van der Waals surface area contributed by atoms with E-state index < -0.39 is 35.7 Å². The number of cyclic esters (lactones) is 1. The Morgan fingerprint density at radius 1 is 1.11 bits per heavy atom. The molecule has 1 saturated heterocycles. The van der Waals surface area contributed by atoms with Gasteiger partial charge in [-0.25, -0.2) is 9.69 Å². The first-order valence-corrected chi connectivity index (χ1v) is 12.4. The summed E-state index contributed by atoms with van der Waals surface area (Å²) in [5.41, 5.74) is 0.0362. The van der Waals surface area contributed by atoms with Crippen molar-refractivity contribution in [2.24, 2.45) is 11.8 Å². The molecule has 0 radical (unpaired) electrons. The average molecular weight is 484 g/mol. The number of ether oxygens (including phenoxy) is 2. The van der Waals surface area contributed by atoms with Crippen molar-refractivity contribution in [3.8, 4) is 0 Å². The van der Waals surface area contributed by atoms with Crippen molar-refractivity contribution >= 4 is 17.8 Å². The average Bonchev–Trinajstić information content (AvgIpc) is 3.07. The van der Waals surface area contributed by atoms with Gasteiger partial charge in [0.1, 0.15) is 11.4 Å². The molecule has 3 atom stereocenters. The summed E-state index contributed by atoms with van der Waals surface area (Å²) >= 11 is 0. The number of allylic oxidation sites excluding steroid dienone is 2. The summed E-state index contributed by atoms with van der Waals surface area (Å²) in [5, 5.41) is 8.95. The number of aliphatic hydroxyl groups excluding tert-OH is 1. The SMILES string of the molecule is CC(C)[C@H]1N(C(=O)[C@H](Cc2ccccc2)[C@H]2OC(=CCCCCCO)C=CC2=O)C(=O)OC1(C)C. The van der Waals surface area contributed by atoms with Crippen LogP contribution in [0.25, 0.3) is 0 Å². The van der Waals surface area contributed by atoms with Gasteiger partial charge in [0.2, 0.25) is 5.91 Å². The monoisotopic (exact) mass is 483 g/mol. The maximum atomic E-state index is 14.0. The lowest BCUT2D eigenvalue weighted by Gasteiger charge is -2.35. The standard InChI is InChI=1S/C28H37NO6/c1-19(2)25-28(3,4)35-27(33)29(25)26(32)22(18-20-12-8-7-9-13-20)24-23(31)16-15-21(34-24)14-10-5-6-11-17-30/h7-9,12-16,19,22,24-25,30H,5-6,10-11,17-18H2,1-4H3/t22-,24-,25-/m1/s1. The lowest BCUT2D eigenvalue weighted by atomic mass is 9.85. The Bertz CT molecular complexity index is 965. The Kier molecular flexibility index (Phi) is 8.89. The van der Waals surface area contributed by atoms with Crippen molar-refractivity contribution in [3.05, 3.63) is 59.9 Å². The molecule has 1 aromatic rings. The molecule has 7 nitrogen and oxygen atoms in total. The number of aliphatic hydroxyl groups is 1. The molecule has 0 unspecified atom stereocenters. The molecule has 0 aliphatic carbocycles. The predicted octanol–water partition coefficient (Wildman–Crippen LogP) is 4.59. The molecule has 0 aromatic heterocycles. The maximum Gasteiger partial charge on any atom is 0.417 e. The first-order chi connectivity index (χ1) is 16.7. The summed E-state index contributed by atoms with van der Waals surface area (Å²) in [6.07, 6.45) is 6.76. The van der Waals surface area contributed by atoms with E-state index in [2.05, 4.69) is 0 Å². The second-order valence-corrected chi connectivity index (χ2v) is 10.1. The number of imide groups is 1. The largest absolute Gasteiger partial charge is 0.482 e. The van der Waals surface area contributed by atoms with Gasteiger partial charge >= 0.3 is 6.09 Å². The second-order valence-electron chi connectivity index (χ2n) is 10.1. The van der Waals surface area contributed by atoms with E-state index in [-0.39, 0.29) is 24.7 Å². The van der Waals surface area contributed by atoms with Gasteiger partial charge in [-0.2, -0.15) is 0 Å². The number of amides is 2. The summed E-state index contributed by atoms with van der Waals surface area (Å²) in [4.78, 5) is 41.0. The van der Waals surface area contributed by atoms with E-state index in [9.17, 15) is 14.4 Å². The van der Waals surface area contributed by atoms with E-state index >= 15 is 0 Å². The zero-order chi connectivity index (χ0) is 25.6. The molecular formula is C28H37NO6. The van der Waals surface area contributed by atoms with E-state index in [4.69, 9.17) is 14.6 Å². The van der Waals surface area contributed by atoms with Crippen molar-refractivity contribution in [2.75, 3.05) is 6.61 Å². The molecule has 2 aliphatic rings. The molecule has 0 saturated carbocycles. The smallest absolute Gasteiger partial charge is 0.417 e. The van der Waals surface area contributed by atoms with Crippen LogP contribution in [0.3, 0.4) is 0 Å². The third kappa shape index (κ3) is 6.40. The van der Waals surface area contributed by atoms with Gasteiger partial charge in [-0.05, 0) is 69.2 Å². The number of carbonyl (C=O) groups is 3. The molecule has 35 heavy (non-hydrogen) atoms. The van der Waals surface area contributed by atoms with Crippen LogP contribution in [-0.4, -0.2) is 52.1 Å². The Morgan fingerprint density at radius 2 is 1.83 bits per heavy atom. The molecule has 0 bridgehead atoms. The van der Waals surface area contributed by atoms with E-state index in [1.54, 1.807) is 19.9 Å². The highest BCUT2D eigenvalue weighted by atomic mass is 16.6. The second kappa shape index (κ2) is 11.7. The lowest BCUT2D eigenvalue weighted by molar-refractivity contribution is -0.144. The molecule has 3 rings (SSSR count). The number of hydrogen-bond donors (Lipinski definition) is 1. The van der Waals surface area contributed by atoms with Gasteiger partial charge in [0.15, 0.2) is 11.9 Å². The van der Waals surface area contributed by atoms with E-state index in [1.165, 1.54) is 11.0 Å². The van der Waals surface area contributed by atoms with Crippen molar-refractivity contribution in [2.45, 2.75) is 77.5 Å². The van der Waals surface area contributed by atoms with Crippen LogP contribution in [0.2, 0.25) is 0 Å². The summed E-state index contributed by atoms with van der Waals surface area (Å²) in [5.74, 6) is -1.15. The van der Waals surface area contributed by atoms with Crippen LogP contribution in [0, 0.1) is 11.8 Å². The molecule has 190 valence electrons.